The second-order valence-corrected chi connectivity index (χ2v) is 4.38. The summed E-state index contributed by atoms with van der Waals surface area (Å²) in [6, 6.07) is 2.37. The first-order valence-electron chi connectivity index (χ1n) is 6.11. The third-order valence-corrected chi connectivity index (χ3v) is 2.45. The van der Waals surface area contributed by atoms with Crippen LogP contribution in [-0.4, -0.2) is 19.3 Å². The molecule has 5 heteroatoms. The zero-order valence-corrected chi connectivity index (χ0v) is 10.8. The van der Waals surface area contributed by atoms with Crippen LogP contribution in [-0.2, 0) is 4.74 Å². The summed E-state index contributed by atoms with van der Waals surface area (Å²) in [4.78, 5) is 0. The second kappa shape index (κ2) is 7.16. The Morgan fingerprint density at radius 2 is 2.00 bits per heavy atom. The topological polar surface area (TPSA) is 47.3 Å². The molecule has 1 aromatic carbocycles. The van der Waals surface area contributed by atoms with E-state index in [9.17, 15) is 8.78 Å². The molecule has 18 heavy (non-hydrogen) atoms. The van der Waals surface area contributed by atoms with E-state index in [1.54, 1.807) is 0 Å². The van der Waals surface area contributed by atoms with Crippen molar-refractivity contribution < 1.29 is 13.5 Å². The van der Waals surface area contributed by atoms with Gasteiger partial charge in [0.15, 0.2) is 11.6 Å². The minimum atomic E-state index is -0.923. The van der Waals surface area contributed by atoms with Crippen LogP contribution in [0.4, 0.5) is 20.2 Å². The first-order chi connectivity index (χ1) is 8.52. The third-order valence-electron chi connectivity index (χ3n) is 2.45. The number of unbranched alkanes of at least 4 members (excludes halogenated alkanes) is 1. The van der Waals surface area contributed by atoms with E-state index in [1.807, 2.05) is 13.8 Å². The standard InChI is InChI=1S/C13H20F2N2O/c1-9(2)18-8-4-3-7-17-13-11(16)6-5-10(14)12(13)15/h5-6,9,17H,3-4,7-8,16H2,1-2H3. The summed E-state index contributed by atoms with van der Waals surface area (Å²) in [7, 11) is 0. The number of nitrogens with one attached hydrogen (secondary N) is 1. The molecule has 0 saturated carbocycles. The van der Waals surface area contributed by atoms with Crippen molar-refractivity contribution in [1.29, 1.82) is 0 Å². The number of hydrogen-bond donors (Lipinski definition) is 2. The summed E-state index contributed by atoms with van der Waals surface area (Å²) in [5.74, 6) is -1.82. The third kappa shape index (κ3) is 4.49. The molecule has 102 valence electrons. The van der Waals surface area contributed by atoms with E-state index in [1.165, 1.54) is 6.07 Å². The maximum Gasteiger partial charge on any atom is 0.183 e. The van der Waals surface area contributed by atoms with Crippen molar-refractivity contribution in [3.05, 3.63) is 23.8 Å². The predicted octanol–water partition coefficient (Wildman–Crippen LogP) is 3.16. The SMILES string of the molecule is CC(C)OCCCCNc1c(N)ccc(F)c1F. The van der Waals surface area contributed by atoms with Crippen molar-refractivity contribution >= 4 is 11.4 Å². The van der Waals surface area contributed by atoms with E-state index in [2.05, 4.69) is 5.32 Å². The van der Waals surface area contributed by atoms with Gasteiger partial charge in [-0.1, -0.05) is 0 Å². The average Bonchev–Trinajstić information content (AvgIpc) is 2.32. The van der Waals surface area contributed by atoms with Gasteiger partial charge in [0.25, 0.3) is 0 Å². The van der Waals surface area contributed by atoms with Crippen molar-refractivity contribution in [2.75, 3.05) is 24.2 Å². The Kier molecular flexibility index (Phi) is 5.85. The Hall–Kier alpha value is -1.36. The minimum Gasteiger partial charge on any atom is -0.397 e. The number of anilines is 2. The monoisotopic (exact) mass is 258 g/mol. The maximum atomic E-state index is 13.4. The van der Waals surface area contributed by atoms with Gasteiger partial charge in [0.2, 0.25) is 0 Å². The number of ether oxygens (including phenoxy) is 1. The van der Waals surface area contributed by atoms with Gasteiger partial charge in [-0.15, -0.1) is 0 Å². The average molecular weight is 258 g/mol. The highest BCUT2D eigenvalue weighted by Crippen LogP contribution is 2.24. The lowest BCUT2D eigenvalue weighted by molar-refractivity contribution is 0.0765. The molecule has 0 radical (unpaired) electrons. The van der Waals surface area contributed by atoms with Gasteiger partial charge >= 0.3 is 0 Å². The normalized spacial score (nSPS) is 10.9. The van der Waals surface area contributed by atoms with Gasteiger partial charge in [-0.2, -0.15) is 0 Å². The first kappa shape index (κ1) is 14.7. The molecular formula is C13H20F2N2O. The summed E-state index contributed by atoms with van der Waals surface area (Å²) in [6.07, 6.45) is 1.89. The van der Waals surface area contributed by atoms with E-state index in [0.29, 0.717) is 13.2 Å². The molecule has 1 rings (SSSR count). The molecule has 0 unspecified atom stereocenters. The highest BCUT2D eigenvalue weighted by Gasteiger charge is 2.10. The van der Waals surface area contributed by atoms with Crippen LogP contribution in [0, 0.1) is 11.6 Å². The van der Waals surface area contributed by atoms with Crippen LogP contribution < -0.4 is 11.1 Å². The Bertz CT molecular complexity index is 383. The summed E-state index contributed by atoms with van der Waals surface area (Å²) in [6.45, 7) is 5.15. The second-order valence-electron chi connectivity index (χ2n) is 4.38. The van der Waals surface area contributed by atoms with Crippen molar-refractivity contribution in [2.24, 2.45) is 0 Å². The lowest BCUT2D eigenvalue weighted by Gasteiger charge is -2.11. The Balaban J connectivity index is 2.33. The number of hydrogen-bond acceptors (Lipinski definition) is 3. The summed E-state index contributed by atoms with van der Waals surface area (Å²) < 4.78 is 31.8. The molecule has 1 aromatic rings. The minimum absolute atomic E-state index is 0.0415. The van der Waals surface area contributed by atoms with Gasteiger partial charge in [-0.25, -0.2) is 8.78 Å². The number of rotatable bonds is 7. The molecule has 0 aromatic heterocycles. The van der Waals surface area contributed by atoms with E-state index in [0.717, 1.165) is 18.9 Å². The summed E-state index contributed by atoms with van der Waals surface area (Å²) in [5, 5.41) is 2.81. The first-order valence-corrected chi connectivity index (χ1v) is 6.11. The Labute approximate surface area is 106 Å². The van der Waals surface area contributed by atoms with Crippen LogP contribution in [0.1, 0.15) is 26.7 Å². The molecule has 0 bridgehead atoms. The van der Waals surface area contributed by atoms with Crippen molar-refractivity contribution in [1.82, 2.24) is 0 Å². The molecule has 3 N–H and O–H groups in total. The van der Waals surface area contributed by atoms with Crippen LogP contribution in [0.15, 0.2) is 12.1 Å². The van der Waals surface area contributed by atoms with E-state index in [-0.39, 0.29) is 17.5 Å². The van der Waals surface area contributed by atoms with Crippen LogP contribution in [0.5, 0.6) is 0 Å². The number of nitrogens with two attached hydrogens (primary N) is 1. The highest BCUT2D eigenvalue weighted by atomic mass is 19.2. The lowest BCUT2D eigenvalue weighted by atomic mass is 10.2. The molecule has 0 aliphatic carbocycles. The fraction of sp³-hybridized carbons (Fsp3) is 0.538. The van der Waals surface area contributed by atoms with Crippen molar-refractivity contribution in [2.45, 2.75) is 32.8 Å². The maximum absolute atomic E-state index is 13.4. The predicted molar refractivity (Wildman–Crippen MR) is 69.6 cm³/mol. The molecule has 0 heterocycles. The fourth-order valence-electron chi connectivity index (χ4n) is 1.50. The molecule has 0 spiro atoms. The quantitative estimate of drug-likeness (QED) is 0.583. The number of benzene rings is 1. The Morgan fingerprint density at radius 1 is 1.28 bits per heavy atom. The molecule has 0 atom stereocenters. The molecule has 3 nitrogen and oxygen atoms in total. The van der Waals surface area contributed by atoms with Crippen LogP contribution in [0.25, 0.3) is 0 Å². The van der Waals surface area contributed by atoms with Gasteiger partial charge in [-0.3, -0.25) is 0 Å². The zero-order valence-electron chi connectivity index (χ0n) is 10.8. The molecule has 0 aliphatic rings. The molecule has 0 fully saturated rings. The molecule has 0 aliphatic heterocycles. The number of nitrogen functional groups attached to an aromatic ring is 1. The highest BCUT2D eigenvalue weighted by molar-refractivity contribution is 5.66. The van der Waals surface area contributed by atoms with Gasteiger partial charge < -0.3 is 15.8 Å². The zero-order chi connectivity index (χ0) is 13.5. The van der Waals surface area contributed by atoms with E-state index < -0.39 is 11.6 Å². The fourth-order valence-corrected chi connectivity index (χ4v) is 1.50. The largest absolute Gasteiger partial charge is 0.397 e. The van der Waals surface area contributed by atoms with E-state index in [4.69, 9.17) is 10.5 Å². The van der Waals surface area contributed by atoms with Crippen LogP contribution in [0.3, 0.4) is 0 Å². The molecule has 0 saturated heterocycles. The van der Waals surface area contributed by atoms with Gasteiger partial charge in [0.1, 0.15) is 0 Å². The van der Waals surface area contributed by atoms with Crippen LogP contribution in [0.2, 0.25) is 0 Å². The Morgan fingerprint density at radius 3 is 2.67 bits per heavy atom. The van der Waals surface area contributed by atoms with Crippen molar-refractivity contribution in [3.63, 3.8) is 0 Å². The smallest absolute Gasteiger partial charge is 0.183 e. The molecular weight excluding hydrogens is 238 g/mol. The van der Waals surface area contributed by atoms with Gasteiger partial charge in [-0.05, 0) is 38.8 Å². The van der Waals surface area contributed by atoms with Crippen molar-refractivity contribution in [3.8, 4) is 0 Å². The van der Waals surface area contributed by atoms with E-state index >= 15 is 0 Å². The summed E-state index contributed by atoms with van der Waals surface area (Å²) in [5.41, 5.74) is 5.83. The van der Waals surface area contributed by atoms with Crippen LogP contribution >= 0.6 is 0 Å². The number of halogens is 2. The summed E-state index contributed by atoms with van der Waals surface area (Å²) >= 11 is 0. The van der Waals surface area contributed by atoms with Gasteiger partial charge in [0.05, 0.1) is 17.5 Å². The lowest BCUT2D eigenvalue weighted by Crippen LogP contribution is -2.09. The van der Waals surface area contributed by atoms with Gasteiger partial charge in [0, 0.05) is 13.2 Å². The molecule has 0 amide bonds.